The number of amides is 1. The van der Waals surface area contributed by atoms with Gasteiger partial charge in [0.25, 0.3) is 0 Å². The van der Waals surface area contributed by atoms with Gasteiger partial charge in [-0.05, 0) is 49.1 Å². The van der Waals surface area contributed by atoms with Gasteiger partial charge in [0, 0.05) is 19.7 Å². The molecule has 0 radical (unpaired) electrons. The van der Waals surface area contributed by atoms with Crippen molar-refractivity contribution < 1.29 is 22.7 Å². The Morgan fingerprint density at radius 1 is 1.17 bits per heavy atom. The Hall–Kier alpha value is -2.42. The van der Waals surface area contributed by atoms with E-state index in [1.165, 1.54) is 23.5 Å². The number of carbonyl (C=O) groups is 1. The molecule has 30 heavy (non-hydrogen) atoms. The van der Waals surface area contributed by atoms with Crippen LogP contribution < -0.4 is 10.1 Å². The average Bonchev–Trinajstić information content (AvgIpc) is 3.29. The van der Waals surface area contributed by atoms with Crippen LogP contribution in [0.1, 0.15) is 18.4 Å². The predicted octanol–water partition coefficient (Wildman–Crippen LogP) is 2.22. The van der Waals surface area contributed by atoms with Crippen LogP contribution in [0.5, 0.6) is 5.75 Å². The zero-order valence-corrected chi connectivity index (χ0v) is 17.9. The molecule has 1 aliphatic heterocycles. The minimum Gasteiger partial charge on any atom is -0.497 e. The predicted molar refractivity (Wildman–Crippen MR) is 114 cm³/mol. The van der Waals surface area contributed by atoms with E-state index in [1.54, 1.807) is 12.1 Å². The number of ether oxygens (including phenoxy) is 2. The summed E-state index contributed by atoms with van der Waals surface area (Å²) < 4.78 is 38.3. The minimum atomic E-state index is -3.84. The van der Waals surface area contributed by atoms with Gasteiger partial charge < -0.3 is 14.8 Å². The third kappa shape index (κ3) is 6.04. The third-order valence-electron chi connectivity index (χ3n) is 5.06. The first-order chi connectivity index (χ1) is 14.5. The van der Waals surface area contributed by atoms with Crippen molar-refractivity contribution in [2.24, 2.45) is 0 Å². The van der Waals surface area contributed by atoms with Gasteiger partial charge in [-0.3, -0.25) is 4.79 Å². The summed E-state index contributed by atoms with van der Waals surface area (Å²) >= 11 is 0. The molecule has 1 N–H and O–H groups in total. The smallest absolute Gasteiger partial charge is 0.243 e. The number of benzene rings is 2. The van der Waals surface area contributed by atoms with E-state index in [0.717, 1.165) is 18.4 Å². The fourth-order valence-corrected chi connectivity index (χ4v) is 4.73. The Balaban J connectivity index is 1.72. The summed E-state index contributed by atoms with van der Waals surface area (Å²) in [5.74, 6) is 0.231. The van der Waals surface area contributed by atoms with Crippen LogP contribution in [0, 0.1) is 0 Å². The lowest BCUT2D eigenvalue weighted by Crippen LogP contribution is -2.43. The number of nitrogens with zero attached hydrogens (tertiary/aromatic N) is 1. The molecule has 0 unspecified atom stereocenters. The topological polar surface area (TPSA) is 84.9 Å². The molecule has 1 fully saturated rings. The number of rotatable bonds is 10. The van der Waals surface area contributed by atoms with E-state index in [1.807, 2.05) is 30.3 Å². The Kier molecular flexibility index (Phi) is 7.84. The lowest BCUT2D eigenvalue weighted by Gasteiger charge is -2.22. The first kappa shape index (κ1) is 22.3. The molecule has 1 heterocycles. The number of nitrogens with one attached hydrogen (secondary N) is 1. The Morgan fingerprint density at radius 2 is 1.90 bits per heavy atom. The SMILES string of the molecule is COc1ccc(S(=O)(=O)N(CCc2ccccc2)CC(=O)NC[C@H]2CCCO2)cc1. The maximum atomic E-state index is 13.2. The molecule has 2 aromatic rings. The van der Waals surface area contributed by atoms with Crippen molar-refractivity contribution >= 4 is 15.9 Å². The number of hydrogen-bond acceptors (Lipinski definition) is 5. The summed E-state index contributed by atoms with van der Waals surface area (Å²) in [5.41, 5.74) is 1.01. The van der Waals surface area contributed by atoms with Crippen molar-refractivity contribution in [3.8, 4) is 5.75 Å². The van der Waals surface area contributed by atoms with Gasteiger partial charge in [0.15, 0.2) is 0 Å². The van der Waals surface area contributed by atoms with Crippen LogP contribution in [0.2, 0.25) is 0 Å². The Morgan fingerprint density at radius 3 is 2.53 bits per heavy atom. The van der Waals surface area contributed by atoms with Crippen molar-refractivity contribution in [3.05, 3.63) is 60.2 Å². The summed E-state index contributed by atoms with van der Waals surface area (Å²) in [6, 6.07) is 15.8. The molecule has 7 nitrogen and oxygen atoms in total. The maximum absolute atomic E-state index is 13.2. The molecule has 0 saturated carbocycles. The van der Waals surface area contributed by atoms with Crippen molar-refractivity contribution in [2.75, 3.05) is 33.4 Å². The second-order valence-corrected chi connectivity index (χ2v) is 9.13. The highest BCUT2D eigenvalue weighted by molar-refractivity contribution is 7.89. The molecule has 0 spiro atoms. The van der Waals surface area contributed by atoms with Crippen molar-refractivity contribution in [1.82, 2.24) is 9.62 Å². The van der Waals surface area contributed by atoms with Crippen molar-refractivity contribution in [1.29, 1.82) is 0 Å². The van der Waals surface area contributed by atoms with E-state index in [0.29, 0.717) is 25.3 Å². The Labute approximate surface area is 178 Å². The fourth-order valence-electron chi connectivity index (χ4n) is 3.33. The number of carbonyl (C=O) groups excluding carboxylic acids is 1. The minimum absolute atomic E-state index is 0.00455. The highest BCUT2D eigenvalue weighted by Gasteiger charge is 2.27. The fraction of sp³-hybridized carbons (Fsp3) is 0.409. The normalized spacial score (nSPS) is 16.5. The standard InChI is InChI=1S/C22H28N2O5S/c1-28-19-9-11-21(12-10-19)30(26,27)24(14-13-18-6-3-2-4-7-18)17-22(25)23-16-20-8-5-15-29-20/h2-4,6-7,9-12,20H,5,8,13-17H2,1H3,(H,23,25)/t20-/m1/s1. The van der Waals surface area contributed by atoms with Gasteiger partial charge in [-0.25, -0.2) is 8.42 Å². The molecule has 1 saturated heterocycles. The highest BCUT2D eigenvalue weighted by Crippen LogP contribution is 2.20. The van der Waals surface area contributed by atoms with Crippen LogP contribution in [-0.4, -0.2) is 58.1 Å². The summed E-state index contributed by atoms with van der Waals surface area (Å²) in [4.78, 5) is 12.6. The lowest BCUT2D eigenvalue weighted by atomic mass is 10.1. The van der Waals surface area contributed by atoms with Gasteiger partial charge in [-0.1, -0.05) is 30.3 Å². The summed E-state index contributed by atoms with van der Waals surface area (Å²) in [5, 5.41) is 2.81. The first-order valence-electron chi connectivity index (χ1n) is 10.1. The van der Waals surface area contributed by atoms with E-state index in [9.17, 15) is 13.2 Å². The molecular formula is C22H28N2O5S. The second-order valence-electron chi connectivity index (χ2n) is 7.19. The van der Waals surface area contributed by atoms with E-state index in [-0.39, 0.29) is 30.0 Å². The summed E-state index contributed by atoms with van der Waals surface area (Å²) in [6.07, 6.45) is 2.40. The quantitative estimate of drug-likeness (QED) is 0.622. The maximum Gasteiger partial charge on any atom is 0.243 e. The molecule has 0 bridgehead atoms. The first-order valence-corrected chi connectivity index (χ1v) is 11.5. The number of sulfonamides is 1. The molecule has 162 valence electrons. The Bertz CT molecular complexity index is 910. The van der Waals surface area contributed by atoms with Gasteiger partial charge in [-0.15, -0.1) is 0 Å². The van der Waals surface area contributed by atoms with Gasteiger partial charge in [-0.2, -0.15) is 4.31 Å². The number of hydrogen-bond donors (Lipinski definition) is 1. The van der Waals surface area contributed by atoms with Gasteiger partial charge >= 0.3 is 0 Å². The van der Waals surface area contributed by atoms with Crippen LogP contribution in [0.3, 0.4) is 0 Å². The molecule has 0 aliphatic carbocycles. The molecule has 1 aliphatic rings. The molecule has 3 rings (SSSR count). The van der Waals surface area contributed by atoms with Crippen LogP contribution in [0.15, 0.2) is 59.5 Å². The lowest BCUT2D eigenvalue weighted by molar-refractivity contribution is -0.121. The van der Waals surface area contributed by atoms with E-state index in [2.05, 4.69) is 5.32 Å². The van der Waals surface area contributed by atoms with Crippen LogP contribution in [0.4, 0.5) is 0 Å². The second kappa shape index (κ2) is 10.6. The molecule has 1 atom stereocenters. The van der Waals surface area contributed by atoms with Gasteiger partial charge in [0.1, 0.15) is 5.75 Å². The molecule has 0 aromatic heterocycles. The zero-order chi connectivity index (χ0) is 21.4. The molecule has 1 amide bonds. The van der Waals surface area contributed by atoms with Crippen LogP contribution in [0.25, 0.3) is 0 Å². The van der Waals surface area contributed by atoms with Crippen molar-refractivity contribution in [2.45, 2.75) is 30.3 Å². The van der Waals surface area contributed by atoms with Crippen LogP contribution in [-0.2, 0) is 26.0 Å². The molecule has 2 aromatic carbocycles. The van der Waals surface area contributed by atoms with Crippen LogP contribution >= 0.6 is 0 Å². The zero-order valence-electron chi connectivity index (χ0n) is 17.1. The molecular weight excluding hydrogens is 404 g/mol. The van der Waals surface area contributed by atoms with E-state index >= 15 is 0 Å². The van der Waals surface area contributed by atoms with E-state index in [4.69, 9.17) is 9.47 Å². The molecule has 8 heteroatoms. The van der Waals surface area contributed by atoms with Gasteiger partial charge in [0.2, 0.25) is 15.9 Å². The monoisotopic (exact) mass is 432 g/mol. The number of methoxy groups -OCH3 is 1. The summed E-state index contributed by atoms with van der Waals surface area (Å²) in [7, 11) is -2.32. The van der Waals surface area contributed by atoms with Gasteiger partial charge in [0.05, 0.1) is 24.7 Å². The van der Waals surface area contributed by atoms with Crippen molar-refractivity contribution in [3.63, 3.8) is 0 Å². The third-order valence-corrected chi connectivity index (χ3v) is 6.92. The summed E-state index contributed by atoms with van der Waals surface area (Å²) in [6.45, 7) is 1.06. The largest absolute Gasteiger partial charge is 0.497 e. The van der Waals surface area contributed by atoms with E-state index < -0.39 is 10.0 Å². The highest BCUT2D eigenvalue weighted by atomic mass is 32.2. The average molecular weight is 433 g/mol.